The van der Waals surface area contributed by atoms with Crippen LogP contribution in [0.1, 0.15) is 28.9 Å². The molecule has 114 valence electrons. The molecular formula is C17H18ClN3O. The molecule has 1 amide bonds. The van der Waals surface area contributed by atoms with E-state index in [0.717, 1.165) is 5.56 Å². The lowest BCUT2D eigenvalue weighted by Crippen LogP contribution is -2.26. The number of nitrogens with two attached hydrogens (primary N) is 1. The summed E-state index contributed by atoms with van der Waals surface area (Å²) < 4.78 is 0. The monoisotopic (exact) mass is 315 g/mol. The van der Waals surface area contributed by atoms with Gasteiger partial charge in [-0.2, -0.15) is 0 Å². The smallest absolute Gasteiger partial charge is 0.251 e. The lowest BCUT2D eigenvalue weighted by atomic mass is 10.1. The summed E-state index contributed by atoms with van der Waals surface area (Å²) >= 11 is 5.58. The molecule has 0 spiro atoms. The zero-order chi connectivity index (χ0) is 15.9. The van der Waals surface area contributed by atoms with Gasteiger partial charge in [0.1, 0.15) is 5.84 Å². The van der Waals surface area contributed by atoms with Crippen molar-refractivity contribution in [2.75, 3.05) is 5.88 Å². The molecule has 5 heteroatoms. The maximum atomic E-state index is 12.2. The predicted octanol–water partition coefficient (Wildman–Crippen LogP) is 3.41. The number of halogens is 1. The second-order valence-electron chi connectivity index (χ2n) is 4.89. The van der Waals surface area contributed by atoms with Gasteiger partial charge in [0, 0.05) is 5.56 Å². The lowest BCUT2D eigenvalue weighted by Gasteiger charge is -2.14. The first-order valence-electron chi connectivity index (χ1n) is 6.95. The van der Waals surface area contributed by atoms with E-state index in [4.69, 9.17) is 17.3 Å². The van der Waals surface area contributed by atoms with Crippen LogP contribution in [0.2, 0.25) is 0 Å². The van der Waals surface area contributed by atoms with Crippen molar-refractivity contribution >= 4 is 29.0 Å². The van der Waals surface area contributed by atoms with Crippen molar-refractivity contribution in [1.82, 2.24) is 5.32 Å². The largest absolute Gasteiger partial charge is 0.386 e. The minimum absolute atomic E-state index is 0.0571. The molecule has 0 heterocycles. The van der Waals surface area contributed by atoms with E-state index in [-0.39, 0.29) is 17.8 Å². The van der Waals surface area contributed by atoms with Gasteiger partial charge < -0.3 is 11.1 Å². The van der Waals surface area contributed by atoms with Crippen molar-refractivity contribution in [3.8, 4) is 0 Å². The Bertz CT molecular complexity index is 653. The number of benzene rings is 2. The number of amidine groups is 1. The SMILES string of the molecule is CC(NC(=O)c1ccc(N=C(N)CCl)cc1)c1ccccc1. The van der Waals surface area contributed by atoms with Crippen molar-refractivity contribution in [1.29, 1.82) is 0 Å². The van der Waals surface area contributed by atoms with Gasteiger partial charge in [0.05, 0.1) is 17.6 Å². The molecule has 0 saturated heterocycles. The second kappa shape index (κ2) is 7.61. The molecule has 4 nitrogen and oxygen atoms in total. The van der Waals surface area contributed by atoms with E-state index in [1.165, 1.54) is 0 Å². The average molecular weight is 316 g/mol. The van der Waals surface area contributed by atoms with Gasteiger partial charge in [-0.05, 0) is 36.8 Å². The Balaban J connectivity index is 2.04. The summed E-state index contributed by atoms with van der Waals surface area (Å²) in [5, 5.41) is 2.96. The van der Waals surface area contributed by atoms with Gasteiger partial charge in [-0.1, -0.05) is 30.3 Å². The molecule has 3 N–H and O–H groups in total. The summed E-state index contributed by atoms with van der Waals surface area (Å²) in [7, 11) is 0. The molecule has 0 bridgehead atoms. The number of aliphatic imine (C=N–C) groups is 1. The Kier molecular flexibility index (Phi) is 5.55. The van der Waals surface area contributed by atoms with Crippen LogP contribution in [0.3, 0.4) is 0 Å². The summed E-state index contributed by atoms with van der Waals surface area (Å²) in [5.41, 5.74) is 7.88. The molecule has 2 aromatic rings. The highest BCUT2D eigenvalue weighted by Gasteiger charge is 2.10. The topological polar surface area (TPSA) is 67.5 Å². The average Bonchev–Trinajstić information content (AvgIpc) is 2.56. The van der Waals surface area contributed by atoms with Gasteiger partial charge in [0.25, 0.3) is 5.91 Å². The van der Waals surface area contributed by atoms with Crippen LogP contribution in [0.15, 0.2) is 59.6 Å². The molecule has 0 aliphatic carbocycles. The van der Waals surface area contributed by atoms with Crippen molar-refractivity contribution in [2.24, 2.45) is 10.7 Å². The Morgan fingerprint density at radius 1 is 1.18 bits per heavy atom. The summed E-state index contributed by atoms with van der Waals surface area (Å²) in [4.78, 5) is 16.3. The molecule has 22 heavy (non-hydrogen) atoms. The summed E-state index contributed by atoms with van der Waals surface area (Å²) in [6.45, 7) is 1.95. The van der Waals surface area contributed by atoms with Gasteiger partial charge in [0.15, 0.2) is 0 Å². The van der Waals surface area contributed by atoms with Crippen LogP contribution in [0.5, 0.6) is 0 Å². The van der Waals surface area contributed by atoms with Gasteiger partial charge in [-0.3, -0.25) is 4.79 Å². The molecule has 0 aliphatic heterocycles. The number of nitrogens with one attached hydrogen (secondary N) is 1. The number of hydrogen-bond acceptors (Lipinski definition) is 2. The van der Waals surface area contributed by atoms with E-state index >= 15 is 0 Å². The molecule has 0 fully saturated rings. The standard InChI is InChI=1S/C17H18ClN3O/c1-12(13-5-3-2-4-6-13)20-17(22)14-7-9-15(10-8-14)21-16(19)11-18/h2-10,12H,11H2,1H3,(H2,19,21)(H,20,22). The van der Waals surface area contributed by atoms with Crippen LogP contribution < -0.4 is 11.1 Å². The van der Waals surface area contributed by atoms with E-state index in [1.807, 2.05) is 37.3 Å². The Morgan fingerprint density at radius 2 is 1.82 bits per heavy atom. The number of nitrogens with zero attached hydrogens (tertiary/aromatic N) is 1. The zero-order valence-corrected chi connectivity index (χ0v) is 13.0. The third-order valence-electron chi connectivity index (χ3n) is 3.19. The predicted molar refractivity (Wildman–Crippen MR) is 90.8 cm³/mol. The van der Waals surface area contributed by atoms with Crippen molar-refractivity contribution < 1.29 is 4.79 Å². The molecule has 0 radical (unpaired) electrons. The van der Waals surface area contributed by atoms with Gasteiger partial charge in [0.2, 0.25) is 0 Å². The van der Waals surface area contributed by atoms with E-state index in [0.29, 0.717) is 17.1 Å². The molecule has 0 aliphatic rings. The Labute approximate surface area is 135 Å². The van der Waals surface area contributed by atoms with E-state index in [9.17, 15) is 4.79 Å². The van der Waals surface area contributed by atoms with Crippen LogP contribution in [0, 0.1) is 0 Å². The minimum atomic E-state index is -0.128. The number of carbonyl (C=O) groups is 1. The Morgan fingerprint density at radius 3 is 2.41 bits per heavy atom. The van der Waals surface area contributed by atoms with Gasteiger partial charge in [-0.15, -0.1) is 11.6 Å². The number of amides is 1. The number of rotatable bonds is 5. The summed E-state index contributed by atoms with van der Waals surface area (Å²) in [6.07, 6.45) is 0. The molecule has 1 unspecified atom stereocenters. The van der Waals surface area contributed by atoms with Crippen molar-refractivity contribution in [3.05, 3.63) is 65.7 Å². The number of alkyl halides is 1. The van der Waals surface area contributed by atoms with Crippen molar-refractivity contribution in [3.63, 3.8) is 0 Å². The van der Waals surface area contributed by atoms with Crippen LogP contribution in [-0.2, 0) is 0 Å². The first-order valence-corrected chi connectivity index (χ1v) is 7.48. The third kappa shape index (κ3) is 4.33. The van der Waals surface area contributed by atoms with Gasteiger partial charge >= 0.3 is 0 Å². The van der Waals surface area contributed by atoms with Crippen LogP contribution >= 0.6 is 11.6 Å². The summed E-state index contributed by atoms with van der Waals surface area (Å²) in [6, 6.07) is 16.7. The van der Waals surface area contributed by atoms with E-state index < -0.39 is 0 Å². The summed E-state index contributed by atoms with van der Waals surface area (Å²) in [5.74, 6) is 0.394. The normalized spacial score (nSPS) is 12.7. The van der Waals surface area contributed by atoms with Crippen molar-refractivity contribution in [2.45, 2.75) is 13.0 Å². The zero-order valence-electron chi connectivity index (χ0n) is 12.3. The van der Waals surface area contributed by atoms with E-state index in [1.54, 1.807) is 24.3 Å². The van der Waals surface area contributed by atoms with Crippen LogP contribution in [0.4, 0.5) is 5.69 Å². The van der Waals surface area contributed by atoms with Crippen LogP contribution in [0.25, 0.3) is 0 Å². The molecule has 1 atom stereocenters. The maximum Gasteiger partial charge on any atom is 0.251 e. The van der Waals surface area contributed by atoms with Gasteiger partial charge in [-0.25, -0.2) is 4.99 Å². The van der Waals surface area contributed by atoms with E-state index in [2.05, 4.69) is 10.3 Å². The highest BCUT2D eigenvalue weighted by atomic mass is 35.5. The molecule has 2 rings (SSSR count). The Hall–Kier alpha value is -2.33. The molecule has 2 aromatic carbocycles. The first kappa shape index (κ1) is 16.0. The second-order valence-corrected chi connectivity index (χ2v) is 5.16. The highest BCUT2D eigenvalue weighted by Crippen LogP contribution is 2.15. The fraction of sp³-hybridized carbons (Fsp3) is 0.176. The fourth-order valence-electron chi connectivity index (χ4n) is 1.99. The minimum Gasteiger partial charge on any atom is -0.386 e. The fourth-order valence-corrected chi connectivity index (χ4v) is 2.05. The highest BCUT2D eigenvalue weighted by molar-refractivity contribution is 6.28. The molecular weight excluding hydrogens is 298 g/mol. The molecule has 0 saturated carbocycles. The van der Waals surface area contributed by atoms with Crippen LogP contribution in [-0.4, -0.2) is 17.6 Å². The first-order chi connectivity index (χ1) is 10.6. The molecule has 0 aromatic heterocycles. The lowest BCUT2D eigenvalue weighted by molar-refractivity contribution is 0.0940. The quantitative estimate of drug-likeness (QED) is 0.504. The maximum absolute atomic E-state index is 12.2. The third-order valence-corrected chi connectivity index (χ3v) is 3.46. The number of carbonyl (C=O) groups excluding carboxylic acids is 1. The number of hydrogen-bond donors (Lipinski definition) is 2.